The van der Waals surface area contributed by atoms with Gasteiger partial charge >= 0.3 is 0 Å². The van der Waals surface area contributed by atoms with Gasteiger partial charge in [0.2, 0.25) is 0 Å². The predicted molar refractivity (Wildman–Crippen MR) is 97.9 cm³/mol. The van der Waals surface area contributed by atoms with Crippen LogP contribution < -0.4 is 5.32 Å². The Labute approximate surface area is 148 Å². The highest BCUT2D eigenvalue weighted by Crippen LogP contribution is 2.25. The number of nitrogens with one attached hydrogen (secondary N) is 2. The Morgan fingerprint density at radius 1 is 1.12 bits per heavy atom. The first kappa shape index (κ1) is 15.5. The van der Waals surface area contributed by atoms with Crippen LogP contribution in [0.1, 0.15) is 16.1 Å². The highest BCUT2D eigenvalue weighted by molar-refractivity contribution is 6.30. The quantitative estimate of drug-likeness (QED) is 0.543. The number of imidazole rings is 1. The van der Waals surface area contributed by atoms with Crippen molar-refractivity contribution in [2.45, 2.75) is 6.92 Å². The van der Waals surface area contributed by atoms with Crippen LogP contribution >= 0.6 is 11.6 Å². The summed E-state index contributed by atoms with van der Waals surface area (Å²) in [5.41, 5.74) is 2.52. The third kappa shape index (κ3) is 3.02. The van der Waals surface area contributed by atoms with Gasteiger partial charge in [-0.25, -0.2) is 4.98 Å². The maximum Gasteiger partial charge on any atom is 0.257 e. The number of aromatic nitrogens is 2. The van der Waals surface area contributed by atoms with Gasteiger partial charge in [-0.15, -0.1) is 0 Å². The number of carbonyl (C=O) groups excluding carboxylic acids is 1. The maximum absolute atomic E-state index is 12.6. The molecule has 2 aromatic heterocycles. The average molecular weight is 352 g/mol. The Hall–Kier alpha value is -3.05. The first-order chi connectivity index (χ1) is 12.1. The molecule has 0 aliphatic carbocycles. The van der Waals surface area contributed by atoms with Gasteiger partial charge in [0.25, 0.3) is 5.91 Å². The van der Waals surface area contributed by atoms with E-state index in [0.717, 1.165) is 11.3 Å². The smallest absolute Gasteiger partial charge is 0.257 e. The number of hydrogen-bond acceptors (Lipinski definition) is 3. The van der Waals surface area contributed by atoms with E-state index in [2.05, 4.69) is 15.3 Å². The van der Waals surface area contributed by atoms with E-state index >= 15 is 0 Å². The molecule has 124 valence electrons. The van der Waals surface area contributed by atoms with Crippen LogP contribution in [0.4, 0.5) is 5.69 Å². The fourth-order valence-corrected chi connectivity index (χ4v) is 2.75. The molecule has 0 aliphatic rings. The van der Waals surface area contributed by atoms with Crippen LogP contribution in [0.5, 0.6) is 0 Å². The molecule has 0 unspecified atom stereocenters. The number of nitrogens with zero attached hydrogens (tertiary/aromatic N) is 1. The molecule has 5 nitrogen and oxygen atoms in total. The summed E-state index contributed by atoms with van der Waals surface area (Å²) >= 11 is 5.87. The first-order valence-corrected chi connectivity index (χ1v) is 8.10. The molecule has 0 fully saturated rings. The van der Waals surface area contributed by atoms with Crippen LogP contribution in [0.15, 0.2) is 59.0 Å². The van der Waals surface area contributed by atoms with Gasteiger partial charge in [-0.05, 0) is 55.5 Å². The SMILES string of the molecule is Cc1ccc(-c2nc3c(C(=O)Nc4ccc(Cl)cc4)cccc3[nH]2)o1. The molecule has 6 heteroatoms. The first-order valence-electron chi connectivity index (χ1n) is 7.72. The summed E-state index contributed by atoms with van der Waals surface area (Å²) in [6.45, 7) is 1.87. The number of anilines is 1. The number of amides is 1. The zero-order valence-corrected chi connectivity index (χ0v) is 14.1. The van der Waals surface area contributed by atoms with E-state index in [1.165, 1.54) is 0 Å². The number of fused-ring (bicyclic) bond motifs is 1. The minimum atomic E-state index is -0.235. The molecule has 0 radical (unpaired) electrons. The summed E-state index contributed by atoms with van der Waals surface area (Å²) in [6, 6.07) is 16.1. The van der Waals surface area contributed by atoms with Crippen molar-refractivity contribution in [3.63, 3.8) is 0 Å². The summed E-state index contributed by atoms with van der Waals surface area (Å²) in [5.74, 6) is 1.80. The topological polar surface area (TPSA) is 70.9 Å². The molecule has 0 saturated carbocycles. The second kappa shape index (κ2) is 6.11. The highest BCUT2D eigenvalue weighted by atomic mass is 35.5. The van der Waals surface area contributed by atoms with Crippen molar-refractivity contribution in [2.24, 2.45) is 0 Å². The number of halogens is 1. The Bertz CT molecular complexity index is 1060. The van der Waals surface area contributed by atoms with Crippen molar-refractivity contribution in [1.29, 1.82) is 0 Å². The van der Waals surface area contributed by atoms with Crippen LogP contribution in [-0.2, 0) is 0 Å². The highest BCUT2D eigenvalue weighted by Gasteiger charge is 2.16. The molecule has 0 spiro atoms. The normalized spacial score (nSPS) is 11.0. The van der Waals surface area contributed by atoms with Gasteiger partial charge in [-0.1, -0.05) is 17.7 Å². The van der Waals surface area contributed by atoms with Gasteiger partial charge in [0.15, 0.2) is 11.6 Å². The number of H-pyrrole nitrogens is 1. The lowest BCUT2D eigenvalue weighted by molar-refractivity contribution is 0.102. The molecule has 1 amide bonds. The molecule has 25 heavy (non-hydrogen) atoms. The fourth-order valence-electron chi connectivity index (χ4n) is 2.63. The molecule has 2 heterocycles. The van der Waals surface area contributed by atoms with E-state index in [4.69, 9.17) is 16.0 Å². The minimum absolute atomic E-state index is 0.235. The zero-order valence-electron chi connectivity index (χ0n) is 13.3. The number of carbonyl (C=O) groups is 1. The zero-order chi connectivity index (χ0) is 17.4. The Morgan fingerprint density at radius 2 is 1.92 bits per heavy atom. The number of para-hydroxylation sites is 1. The summed E-state index contributed by atoms with van der Waals surface area (Å²) in [4.78, 5) is 20.4. The van der Waals surface area contributed by atoms with Crippen LogP contribution in [0.2, 0.25) is 5.02 Å². The number of benzene rings is 2. The molecule has 2 N–H and O–H groups in total. The summed E-state index contributed by atoms with van der Waals surface area (Å²) in [7, 11) is 0. The monoisotopic (exact) mass is 351 g/mol. The van der Waals surface area contributed by atoms with Crippen LogP contribution in [-0.4, -0.2) is 15.9 Å². The molecule has 0 bridgehead atoms. The third-order valence-corrected chi connectivity index (χ3v) is 4.09. The van der Waals surface area contributed by atoms with E-state index in [1.807, 2.05) is 31.2 Å². The lowest BCUT2D eigenvalue weighted by Crippen LogP contribution is -2.12. The number of aryl methyl sites for hydroxylation is 1. The molecule has 0 saturated heterocycles. The van der Waals surface area contributed by atoms with Gasteiger partial charge < -0.3 is 14.7 Å². The van der Waals surface area contributed by atoms with E-state index in [0.29, 0.717) is 33.4 Å². The second-order valence-electron chi connectivity index (χ2n) is 5.66. The second-order valence-corrected chi connectivity index (χ2v) is 6.09. The summed E-state index contributed by atoms with van der Waals surface area (Å²) in [6.07, 6.45) is 0. The van der Waals surface area contributed by atoms with Crippen molar-refractivity contribution in [3.8, 4) is 11.6 Å². The van der Waals surface area contributed by atoms with E-state index in [9.17, 15) is 4.79 Å². The van der Waals surface area contributed by atoms with E-state index in [1.54, 1.807) is 30.3 Å². The van der Waals surface area contributed by atoms with Crippen molar-refractivity contribution < 1.29 is 9.21 Å². The van der Waals surface area contributed by atoms with Crippen LogP contribution in [0, 0.1) is 6.92 Å². The van der Waals surface area contributed by atoms with E-state index in [-0.39, 0.29) is 5.91 Å². The lowest BCUT2D eigenvalue weighted by atomic mass is 10.1. The van der Waals surface area contributed by atoms with Crippen molar-refractivity contribution in [3.05, 3.63) is 70.9 Å². The van der Waals surface area contributed by atoms with Gasteiger partial charge in [0.1, 0.15) is 11.3 Å². The average Bonchev–Trinajstić information content (AvgIpc) is 3.22. The molecule has 2 aromatic carbocycles. The molecule has 4 aromatic rings. The number of furan rings is 1. The Morgan fingerprint density at radius 3 is 2.64 bits per heavy atom. The number of aromatic amines is 1. The molecular formula is C19H14ClN3O2. The van der Waals surface area contributed by atoms with Crippen molar-refractivity contribution in [2.75, 3.05) is 5.32 Å². The summed E-state index contributed by atoms with van der Waals surface area (Å²) < 4.78 is 5.60. The molecular weight excluding hydrogens is 338 g/mol. The van der Waals surface area contributed by atoms with Crippen molar-refractivity contribution in [1.82, 2.24) is 9.97 Å². The van der Waals surface area contributed by atoms with Crippen LogP contribution in [0.3, 0.4) is 0 Å². The molecule has 4 rings (SSSR count). The summed E-state index contributed by atoms with van der Waals surface area (Å²) in [5, 5.41) is 3.47. The molecule has 0 aliphatic heterocycles. The molecule has 0 atom stereocenters. The van der Waals surface area contributed by atoms with Gasteiger partial charge in [-0.2, -0.15) is 0 Å². The number of rotatable bonds is 3. The maximum atomic E-state index is 12.6. The third-order valence-electron chi connectivity index (χ3n) is 3.83. The van der Waals surface area contributed by atoms with E-state index < -0.39 is 0 Å². The fraction of sp³-hybridized carbons (Fsp3) is 0.0526. The van der Waals surface area contributed by atoms with Crippen LogP contribution in [0.25, 0.3) is 22.6 Å². The predicted octanol–water partition coefficient (Wildman–Crippen LogP) is 5.04. The van der Waals surface area contributed by atoms with Gasteiger partial charge in [0.05, 0.1) is 11.1 Å². The number of hydrogen-bond donors (Lipinski definition) is 2. The Balaban J connectivity index is 1.70. The standard InChI is InChI=1S/C19H14ClN3O2/c1-11-5-10-16(25-11)18-22-15-4-2-3-14(17(15)23-18)19(24)21-13-8-6-12(20)7-9-13/h2-10H,1H3,(H,21,24)(H,22,23). The van der Waals surface area contributed by atoms with Gasteiger partial charge in [0, 0.05) is 10.7 Å². The minimum Gasteiger partial charge on any atom is -0.458 e. The largest absolute Gasteiger partial charge is 0.458 e. The lowest BCUT2D eigenvalue weighted by Gasteiger charge is -2.05. The van der Waals surface area contributed by atoms with Gasteiger partial charge in [-0.3, -0.25) is 4.79 Å². The van der Waals surface area contributed by atoms with Crippen molar-refractivity contribution >= 4 is 34.2 Å². The Kier molecular flexibility index (Phi) is 3.78.